The summed E-state index contributed by atoms with van der Waals surface area (Å²) in [5.41, 5.74) is 1.40. The third-order valence-electron chi connectivity index (χ3n) is 3.91. The van der Waals surface area contributed by atoms with Crippen LogP contribution < -0.4 is 14.4 Å². The number of rotatable bonds is 6. The van der Waals surface area contributed by atoms with E-state index in [4.69, 9.17) is 9.15 Å². The number of carbonyl (C=O) groups excluding carboxylic acids is 1. The zero-order valence-corrected chi connectivity index (χ0v) is 16.0. The molecule has 3 aromatic rings. The smallest absolute Gasteiger partial charge is 0.300 e. The number of carbonyl (C=O) groups is 1. The lowest BCUT2D eigenvalue weighted by Crippen LogP contribution is -2.30. The number of furan rings is 1. The van der Waals surface area contributed by atoms with Crippen LogP contribution in [0, 0.1) is 0 Å². The monoisotopic (exact) mass is 388 g/mol. The third kappa shape index (κ3) is 3.90. The van der Waals surface area contributed by atoms with Gasteiger partial charge in [-0.1, -0.05) is 12.1 Å². The van der Waals surface area contributed by atoms with Crippen LogP contribution in [0.3, 0.4) is 0 Å². The maximum atomic E-state index is 12.6. The molecule has 1 aromatic heterocycles. The largest absolute Gasteiger partial charge is 0.492 e. The number of hydrogen-bond acceptors (Lipinski definition) is 6. The van der Waals surface area contributed by atoms with Gasteiger partial charge in [-0.15, -0.1) is 0 Å². The van der Waals surface area contributed by atoms with Crippen LogP contribution in [0.4, 0.5) is 5.69 Å². The van der Waals surface area contributed by atoms with Crippen molar-refractivity contribution in [2.45, 2.75) is 11.8 Å². The van der Waals surface area contributed by atoms with E-state index < -0.39 is 15.9 Å². The van der Waals surface area contributed by atoms with Gasteiger partial charge in [0.05, 0.1) is 6.61 Å². The molecule has 142 valence electrons. The van der Waals surface area contributed by atoms with Gasteiger partial charge in [0, 0.05) is 31.2 Å². The molecule has 0 saturated carbocycles. The molecule has 0 spiro atoms. The summed E-state index contributed by atoms with van der Waals surface area (Å²) in [5, 5.41) is 0.706. The number of amides is 1. The molecule has 0 aliphatic carbocycles. The number of sulfonamides is 1. The van der Waals surface area contributed by atoms with Crippen LogP contribution in [0.2, 0.25) is 0 Å². The van der Waals surface area contributed by atoms with Crippen LogP contribution in [0.1, 0.15) is 17.5 Å². The van der Waals surface area contributed by atoms with Crippen molar-refractivity contribution >= 4 is 32.6 Å². The molecular weight excluding hydrogens is 368 g/mol. The maximum absolute atomic E-state index is 12.6. The van der Waals surface area contributed by atoms with Crippen LogP contribution >= 0.6 is 0 Å². The van der Waals surface area contributed by atoms with Gasteiger partial charge in [0.1, 0.15) is 16.2 Å². The molecule has 0 saturated heterocycles. The van der Waals surface area contributed by atoms with Crippen LogP contribution in [-0.4, -0.2) is 35.0 Å². The average molecular weight is 388 g/mol. The molecule has 1 amide bonds. The lowest BCUT2D eigenvalue weighted by atomic mass is 10.2. The van der Waals surface area contributed by atoms with Crippen LogP contribution in [0.5, 0.6) is 5.75 Å². The molecule has 8 heteroatoms. The fraction of sp³-hybridized carbons (Fsp3) is 0.211. The minimum absolute atomic E-state index is 0.0848. The van der Waals surface area contributed by atoms with Crippen molar-refractivity contribution in [2.24, 2.45) is 0 Å². The van der Waals surface area contributed by atoms with Crippen LogP contribution in [0.25, 0.3) is 11.0 Å². The lowest BCUT2D eigenvalue weighted by molar-refractivity contribution is 0.0956. The van der Waals surface area contributed by atoms with E-state index >= 15 is 0 Å². The van der Waals surface area contributed by atoms with Crippen molar-refractivity contribution in [3.05, 3.63) is 54.3 Å². The summed E-state index contributed by atoms with van der Waals surface area (Å²) in [6.07, 6.45) is 0. The highest BCUT2D eigenvalue weighted by Gasteiger charge is 2.24. The van der Waals surface area contributed by atoms with Crippen LogP contribution in [-0.2, 0) is 10.0 Å². The van der Waals surface area contributed by atoms with Crippen molar-refractivity contribution in [2.75, 3.05) is 25.6 Å². The molecule has 0 bridgehead atoms. The molecule has 0 fully saturated rings. The SMILES string of the molecule is CCOc1ccccc1S(=O)(=O)NC(=O)c1cc2ccc(N(C)C)cc2o1. The Balaban J connectivity index is 1.89. The summed E-state index contributed by atoms with van der Waals surface area (Å²) in [7, 11) is -0.334. The van der Waals surface area contributed by atoms with Gasteiger partial charge in [-0.05, 0) is 37.3 Å². The van der Waals surface area contributed by atoms with Gasteiger partial charge < -0.3 is 14.1 Å². The van der Waals surface area contributed by atoms with Gasteiger partial charge >= 0.3 is 5.91 Å². The molecule has 1 heterocycles. The fourth-order valence-electron chi connectivity index (χ4n) is 2.58. The van der Waals surface area contributed by atoms with Crippen molar-refractivity contribution in [1.29, 1.82) is 0 Å². The van der Waals surface area contributed by atoms with E-state index in [1.807, 2.05) is 35.9 Å². The van der Waals surface area contributed by atoms with E-state index in [1.54, 1.807) is 25.1 Å². The van der Waals surface area contributed by atoms with E-state index in [0.29, 0.717) is 17.6 Å². The third-order valence-corrected chi connectivity index (χ3v) is 5.28. The highest BCUT2D eigenvalue weighted by molar-refractivity contribution is 7.90. The van der Waals surface area contributed by atoms with Gasteiger partial charge in [0.2, 0.25) is 0 Å². The van der Waals surface area contributed by atoms with Crippen molar-refractivity contribution in [3.63, 3.8) is 0 Å². The van der Waals surface area contributed by atoms with E-state index in [0.717, 1.165) is 5.69 Å². The lowest BCUT2D eigenvalue weighted by Gasteiger charge is -2.11. The van der Waals surface area contributed by atoms with E-state index in [2.05, 4.69) is 0 Å². The molecule has 0 aliphatic heterocycles. The Bertz CT molecular complexity index is 1090. The van der Waals surface area contributed by atoms with Crippen molar-refractivity contribution in [3.8, 4) is 5.75 Å². The van der Waals surface area contributed by atoms with Crippen molar-refractivity contribution in [1.82, 2.24) is 4.72 Å². The molecule has 0 atom stereocenters. The average Bonchev–Trinajstić information content (AvgIpc) is 3.05. The predicted octanol–water partition coefficient (Wildman–Crippen LogP) is 3.02. The van der Waals surface area contributed by atoms with Gasteiger partial charge in [0.15, 0.2) is 5.76 Å². The standard InChI is InChI=1S/C19H20N2O5S/c1-4-25-15-7-5-6-8-18(15)27(23,24)20-19(22)17-11-13-9-10-14(21(2)3)12-16(13)26-17/h5-12H,4H2,1-3H3,(H,20,22). The Morgan fingerprint density at radius 1 is 1.15 bits per heavy atom. The normalized spacial score (nSPS) is 11.4. The topological polar surface area (TPSA) is 88.8 Å². The number of ether oxygens (including phenoxy) is 1. The van der Waals surface area contributed by atoms with E-state index in [1.165, 1.54) is 18.2 Å². The maximum Gasteiger partial charge on any atom is 0.300 e. The number of benzene rings is 2. The first-order chi connectivity index (χ1) is 12.8. The summed E-state index contributed by atoms with van der Waals surface area (Å²) < 4.78 is 38.1. The molecule has 3 rings (SSSR count). The molecule has 0 unspecified atom stereocenters. The molecule has 27 heavy (non-hydrogen) atoms. The summed E-state index contributed by atoms with van der Waals surface area (Å²) in [6.45, 7) is 2.05. The van der Waals surface area contributed by atoms with Gasteiger partial charge in [-0.2, -0.15) is 0 Å². The number of anilines is 1. The summed E-state index contributed by atoms with van der Waals surface area (Å²) in [5.74, 6) is -0.747. The molecular formula is C19H20N2O5S. The molecule has 7 nitrogen and oxygen atoms in total. The summed E-state index contributed by atoms with van der Waals surface area (Å²) >= 11 is 0. The highest BCUT2D eigenvalue weighted by atomic mass is 32.2. The Morgan fingerprint density at radius 2 is 1.89 bits per heavy atom. The van der Waals surface area contributed by atoms with Gasteiger partial charge in [-0.25, -0.2) is 13.1 Å². The van der Waals surface area contributed by atoms with Crippen molar-refractivity contribution < 1.29 is 22.4 Å². The Morgan fingerprint density at radius 3 is 2.59 bits per heavy atom. The number of para-hydroxylation sites is 1. The number of nitrogens with one attached hydrogen (secondary N) is 1. The van der Waals surface area contributed by atoms with Crippen LogP contribution in [0.15, 0.2) is 57.8 Å². The molecule has 1 N–H and O–H groups in total. The fourth-order valence-corrected chi connectivity index (χ4v) is 3.69. The van der Waals surface area contributed by atoms with Gasteiger partial charge in [0.25, 0.3) is 10.0 Å². The molecule has 2 aromatic carbocycles. The first-order valence-electron chi connectivity index (χ1n) is 8.31. The zero-order chi connectivity index (χ0) is 19.6. The Kier molecular flexibility index (Phi) is 5.09. The minimum atomic E-state index is -4.11. The second-order valence-corrected chi connectivity index (χ2v) is 7.69. The first-order valence-corrected chi connectivity index (χ1v) is 9.80. The second kappa shape index (κ2) is 7.32. The van der Waals surface area contributed by atoms with Gasteiger partial charge in [-0.3, -0.25) is 4.79 Å². The number of nitrogens with zero attached hydrogens (tertiary/aromatic N) is 1. The summed E-state index contributed by atoms with van der Waals surface area (Å²) in [4.78, 5) is 14.3. The molecule has 0 radical (unpaired) electrons. The Hall–Kier alpha value is -3.00. The number of fused-ring (bicyclic) bond motifs is 1. The minimum Gasteiger partial charge on any atom is -0.492 e. The predicted molar refractivity (Wildman–Crippen MR) is 103 cm³/mol. The highest BCUT2D eigenvalue weighted by Crippen LogP contribution is 2.26. The van der Waals surface area contributed by atoms with E-state index in [-0.39, 0.29) is 16.4 Å². The summed E-state index contributed by atoms with van der Waals surface area (Å²) in [6, 6.07) is 13.1. The Labute approximate surface area is 157 Å². The quantitative estimate of drug-likeness (QED) is 0.698. The number of hydrogen-bond donors (Lipinski definition) is 1. The van der Waals surface area contributed by atoms with E-state index in [9.17, 15) is 13.2 Å². The first kappa shape index (κ1) is 18.8. The zero-order valence-electron chi connectivity index (χ0n) is 15.2. The molecule has 0 aliphatic rings. The second-order valence-electron chi connectivity index (χ2n) is 6.04.